The molecule has 0 saturated heterocycles. The number of ether oxygens (including phenoxy) is 1. The van der Waals surface area contributed by atoms with Gasteiger partial charge in [0.05, 0.1) is 34.1 Å². The van der Waals surface area contributed by atoms with Crippen molar-refractivity contribution in [2.75, 3.05) is 33.8 Å². The van der Waals surface area contributed by atoms with Gasteiger partial charge in [0.2, 0.25) is 5.88 Å². The summed E-state index contributed by atoms with van der Waals surface area (Å²) in [5, 5.41) is 12.9. The number of aromatic amines is 1. The van der Waals surface area contributed by atoms with Gasteiger partial charge in [-0.1, -0.05) is 20.4 Å². The molecule has 0 aromatic carbocycles. The topological polar surface area (TPSA) is 110 Å². The zero-order chi connectivity index (χ0) is 25.4. The zero-order valence-electron chi connectivity index (χ0n) is 21.7. The highest BCUT2D eigenvalue weighted by atomic mass is 16.5. The fourth-order valence-corrected chi connectivity index (χ4v) is 3.67. The number of rotatable bonds is 9. The van der Waals surface area contributed by atoms with Gasteiger partial charge >= 0.3 is 0 Å². The van der Waals surface area contributed by atoms with Gasteiger partial charge in [-0.3, -0.25) is 20.0 Å². The summed E-state index contributed by atoms with van der Waals surface area (Å²) in [6.07, 6.45) is 3.35. The minimum absolute atomic E-state index is 0.496. The van der Waals surface area contributed by atoms with Crippen LogP contribution in [0.15, 0.2) is 29.4 Å². The Morgan fingerprint density at radius 1 is 1.32 bits per heavy atom. The van der Waals surface area contributed by atoms with E-state index in [0.717, 1.165) is 50.5 Å². The fraction of sp³-hybridized carbons (Fsp3) is 0.440. The number of H-pyrrole nitrogens is 1. The van der Waals surface area contributed by atoms with Crippen LogP contribution in [-0.2, 0) is 7.05 Å². The molecular weight excluding hydrogens is 428 g/mol. The second kappa shape index (κ2) is 12.1. The smallest absolute Gasteiger partial charge is 0.221 e. The van der Waals surface area contributed by atoms with Gasteiger partial charge < -0.3 is 10.5 Å². The number of hydrogen-bond acceptors (Lipinski definition) is 7. The van der Waals surface area contributed by atoms with Gasteiger partial charge in [-0.15, -0.1) is 0 Å². The molecule has 3 aromatic heterocycles. The molecule has 0 saturated carbocycles. The molecule has 9 nitrogen and oxygen atoms in total. The highest BCUT2D eigenvalue weighted by Gasteiger charge is 2.20. The van der Waals surface area contributed by atoms with Crippen LogP contribution in [0.4, 0.5) is 0 Å². The van der Waals surface area contributed by atoms with E-state index in [9.17, 15) is 0 Å². The molecule has 3 N–H and O–H groups in total. The zero-order valence-corrected chi connectivity index (χ0v) is 21.7. The van der Waals surface area contributed by atoms with Crippen molar-refractivity contribution in [3.63, 3.8) is 0 Å². The predicted octanol–water partition coefficient (Wildman–Crippen LogP) is 3.89. The minimum Gasteiger partial charge on any atom is -0.476 e. The third-order valence-electron chi connectivity index (χ3n) is 5.48. The van der Waals surface area contributed by atoms with Crippen LogP contribution in [-0.4, -0.2) is 69.4 Å². The third-order valence-corrected chi connectivity index (χ3v) is 5.48. The molecule has 3 rings (SSSR count). The van der Waals surface area contributed by atoms with Gasteiger partial charge in [0.15, 0.2) is 0 Å². The molecule has 0 amide bonds. The standard InChI is InChI=1S/C23H32N8O.C2H6/c1-8-18-17-11-19(26-16(4)22(17)28-27-18)21-15(3)29-31(7)23(21)32-10-9-30(6)13-20(25-5)14(2)12-24;1-2/h8,11-12H,1,9-10,13,24H2,2-7H3,(H,27,28);1-2H3/b14-12-,25-20?;. The van der Waals surface area contributed by atoms with E-state index in [1.165, 1.54) is 0 Å². The van der Waals surface area contributed by atoms with E-state index in [2.05, 4.69) is 31.8 Å². The third kappa shape index (κ3) is 5.72. The average molecular weight is 467 g/mol. The Kier molecular flexibility index (Phi) is 9.56. The number of nitrogens with two attached hydrogens (primary N) is 1. The maximum atomic E-state index is 6.20. The highest BCUT2D eigenvalue weighted by molar-refractivity contribution is 6.01. The number of fused-ring (bicyclic) bond motifs is 1. The van der Waals surface area contributed by atoms with E-state index in [0.29, 0.717) is 25.6 Å². The van der Waals surface area contributed by atoms with Gasteiger partial charge in [-0.05, 0) is 51.7 Å². The lowest BCUT2D eigenvalue weighted by molar-refractivity contribution is 0.238. The summed E-state index contributed by atoms with van der Waals surface area (Å²) in [5.74, 6) is 0.688. The maximum absolute atomic E-state index is 6.20. The van der Waals surface area contributed by atoms with Crippen LogP contribution >= 0.6 is 0 Å². The van der Waals surface area contributed by atoms with Crippen LogP contribution < -0.4 is 10.5 Å². The fourth-order valence-electron chi connectivity index (χ4n) is 3.67. The molecule has 3 aromatic rings. The van der Waals surface area contributed by atoms with Gasteiger partial charge in [0.25, 0.3) is 0 Å². The van der Waals surface area contributed by atoms with Crippen LogP contribution in [0.3, 0.4) is 0 Å². The highest BCUT2D eigenvalue weighted by Crippen LogP contribution is 2.34. The van der Waals surface area contributed by atoms with Crippen molar-refractivity contribution in [1.82, 2.24) is 29.9 Å². The lowest BCUT2D eigenvalue weighted by Gasteiger charge is -2.18. The Labute approximate surface area is 202 Å². The lowest BCUT2D eigenvalue weighted by Crippen LogP contribution is -2.30. The first-order chi connectivity index (χ1) is 16.3. The van der Waals surface area contributed by atoms with Crippen molar-refractivity contribution in [3.8, 4) is 17.1 Å². The number of pyridine rings is 1. The van der Waals surface area contributed by atoms with Crippen molar-refractivity contribution < 1.29 is 4.74 Å². The first-order valence-corrected chi connectivity index (χ1v) is 11.5. The number of hydrogen-bond donors (Lipinski definition) is 2. The van der Waals surface area contributed by atoms with Crippen LogP contribution in [0.1, 0.15) is 37.9 Å². The summed E-state index contributed by atoms with van der Waals surface area (Å²) >= 11 is 0. The molecule has 0 aliphatic rings. The first-order valence-electron chi connectivity index (χ1n) is 11.5. The quantitative estimate of drug-likeness (QED) is 0.463. The second-order valence-corrected chi connectivity index (χ2v) is 7.83. The maximum Gasteiger partial charge on any atom is 0.221 e. The minimum atomic E-state index is 0.496. The number of nitrogens with one attached hydrogen (secondary N) is 1. The normalized spacial score (nSPS) is 12.1. The summed E-state index contributed by atoms with van der Waals surface area (Å²) in [4.78, 5) is 11.3. The van der Waals surface area contributed by atoms with Crippen LogP contribution in [0.2, 0.25) is 0 Å². The van der Waals surface area contributed by atoms with Crippen molar-refractivity contribution in [2.45, 2.75) is 34.6 Å². The van der Waals surface area contributed by atoms with E-state index in [1.807, 2.05) is 54.8 Å². The Hall–Kier alpha value is -3.46. The van der Waals surface area contributed by atoms with Gasteiger partial charge in [0.1, 0.15) is 12.1 Å². The molecule has 0 bridgehead atoms. The van der Waals surface area contributed by atoms with E-state index in [4.69, 9.17) is 15.5 Å². The monoisotopic (exact) mass is 466 g/mol. The summed E-state index contributed by atoms with van der Waals surface area (Å²) in [7, 11) is 5.69. The van der Waals surface area contributed by atoms with Crippen molar-refractivity contribution in [1.29, 1.82) is 0 Å². The Bertz CT molecular complexity index is 1190. The lowest BCUT2D eigenvalue weighted by atomic mass is 10.1. The van der Waals surface area contributed by atoms with Gasteiger partial charge in [0, 0.05) is 32.6 Å². The number of aliphatic imine (C=N–C) groups is 1. The SMILES string of the molecule is C=Cc1[nH]nc2c(C)nc(-c3c(C)nn(C)c3OCCN(C)CC(=NC)/C(C)=C\N)cc12.CC. The van der Waals surface area contributed by atoms with Crippen molar-refractivity contribution in [3.05, 3.63) is 41.5 Å². The molecule has 0 radical (unpaired) electrons. The van der Waals surface area contributed by atoms with E-state index in [1.54, 1.807) is 24.0 Å². The van der Waals surface area contributed by atoms with Crippen molar-refractivity contribution >= 4 is 22.7 Å². The molecule has 0 aliphatic carbocycles. The largest absolute Gasteiger partial charge is 0.476 e. The summed E-state index contributed by atoms with van der Waals surface area (Å²) in [6, 6.07) is 2.01. The Balaban J connectivity index is 0.00000199. The molecule has 0 aliphatic heterocycles. The molecule has 184 valence electrons. The van der Waals surface area contributed by atoms with E-state index < -0.39 is 0 Å². The molecular formula is C25H38N8O. The number of aryl methyl sites for hydroxylation is 3. The Morgan fingerprint density at radius 2 is 2.03 bits per heavy atom. The average Bonchev–Trinajstić information content (AvgIpc) is 3.38. The van der Waals surface area contributed by atoms with E-state index in [-0.39, 0.29) is 0 Å². The number of likely N-dealkylation sites (N-methyl/N-ethyl adjacent to an activating group) is 1. The molecule has 0 spiro atoms. The molecule has 34 heavy (non-hydrogen) atoms. The number of aromatic nitrogens is 5. The Morgan fingerprint density at radius 3 is 2.65 bits per heavy atom. The van der Waals surface area contributed by atoms with Crippen molar-refractivity contribution in [2.24, 2.45) is 17.8 Å². The second-order valence-electron chi connectivity index (χ2n) is 7.83. The number of nitrogens with zero attached hydrogens (tertiary/aromatic N) is 6. The van der Waals surface area contributed by atoms with Gasteiger partial charge in [-0.2, -0.15) is 10.2 Å². The molecule has 9 heteroatoms. The molecule has 3 heterocycles. The van der Waals surface area contributed by atoms with Gasteiger partial charge in [-0.25, -0.2) is 4.68 Å². The molecule has 0 atom stereocenters. The summed E-state index contributed by atoms with van der Waals surface area (Å²) in [6.45, 7) is 15.6. The van der Waals surface area contributed by atoms with Crippen LogP contribution in [0.25, 0.3) is 28.2 Å². The summed E-state index contributed by atoms with van der Waals surface area (Å²) in [5.41, 5.74) is 12.7. The first kappa shape index (κ1) is 26.8. The summed E-state index contributed by atoms with van der Waals surface area (Å²) < 4.78 is 7.96. The molecule has 0 unspecified atom stereocenters. The predicted molar refractivity (Wildman–Crippen MR) is 141 cm³/mol. The molecule has 0 fully saturated rings. The van der Waals surface area contributed by atoms with E-state index >= 15 is 0 Å². The van der Waals surface area contributed by atoms with Crippen LogP contribution in [0.5, 0.6) is 5.88 Å². The van der Waals surface area contributed by atoms with Crippen LogP contribution in [0, 0.1) is 13.8 Å².